The summed E-state index contributed by atoms with van der Waals surface area (Å²) in [5, 5.41) is 11.9. The highest BCUT2D eigenvalue weighted by Crippen LogP contribution is 2.32. The zero-order chi connectivity index (χ0) is 18.0. The third-order valence-corrected chi connectivity index (χ3v) is 4.50. The number of aliphatic carboxylic acids is 1. The Labute approximate surface area is 144 Å². The molecule has 0 aromatic heterocycles. The minimum Gasteiger partial charge on any atom is -0.480 e. The Bertz CT molecular complexity index is 704. The number of carbonyl (C=O) groups excluding carboxylic acids is 2. The van der Waals surface area contributed by atoms with Crippen molar-refractivity contribution in [1.29, 1.82) is 0 Å². The summed E-state index contributed by atoms with van der Waals surface area (Å²) in [5.41, 5.74) is 0.346. The van der Waals surface area contributed by atoms with Gasteiger partial charge in [0, 0.05) is 12.1 Å². The Morgan fingerprint density at radius 3 is 2.80 bits per heavy atom. The molecule has 2 heterocycles. The van der Waals surface area contributed by atoms with Gasteiger partial charge in [-0.05, 0) is 37.0 Å². The van der Waals surface area contributed by atoms with Crippen molar-refractivity contribution >= 4 is 17.8 Å². The third kappa shape index (κ3) is 3.67. The summed E-state index contributed by atoms with van der Waals surface area (Å²) >= 11 is 0. The number of carboxylic acid groups (broad SMARTS) is 1. The molecule has 2 atom stereocenters. The number of nitrogens with one attached hydrogen (secondary N) is 1. The summed E-state index contributed by atoms with van der Waals surface area (Å²) < 4.78 is 10.4. The Hall–Kier alpha value is -2.77. The Morgan fingerprint density at radius 2 is 2.04 bits per heavy atom. The van der Waals surface area contributed by atoms with E-state index in [4.69, 9.17) is 9.47 Å². The second-order valence-corrected chi connectivity index (χ2v) is 6.32. The average Bonchev–Trinajstić information content (AvgIpc) is 3.06. The number of piperidine rings is 1. The lowest BCUT2D eigenvalue weighted by Gasteiger charge is -2.36. The standard InChI is InChI=1S/C17H20N2O6/c1-10-4-5-19(12(6-10)17(22)23)15(20)8-18-16(21)11-2-3-13-14(7-11)25-9-24-13/h2-3,7,10,12H,4-6,8-9H2,1H3,(H,18,21)(H,22,23). The van der Waals surface area contributed by atoms with Gasteiger partial charge in [0.1, 0.15) is 6.04 Å². The van der Waals surface area contributed by atoms with Crippen molar-refractivity contribution in [3.05, 3.63) is 23.8 Å². The Balaban J connectivity index is 1.59. The molecule has 1 aromatic rings. The first kappa shape index (κ1) is 17.1. The van der Waals surface area contributed by atoms with Gasteiger partial charge in [-0.15, -0.1) is 0 Å². The van der Waals surface area contributed by atoms with E-state index in [9.17, 15) is 19.5 Å². The number of hydrogen-bond acceptors (Lipinski definition) is 5. The van der Waals surface area contributed by atoms with Gasteiger partial charge < -0.3 is 24.8 Å². The van der Waals surface area contributed by atoms with E-state index in [2.05, 4.69) is 5.32 Å². The van der Waals surface area contributed by atoms with Crippen LogP contribution < -0.4 is 14.8 Å². The van der Waals surface area contributed by atoms with E-state index in [0.29, 0.717) is 30.0 Å². The van der Waals surface area contributed by atoms with E-state index < -0.39 is 23.8 Å². The topological polar surface area (TPSA) is 105 Å². The number of carboxylic acids is 1. The van der Waals surface area contributed by atoms with Crippen molar-refractivity contribution in [2.24, 2.45) is 5.92 Å². The summed E-state index contributed by atoms with van der Waals surface area (Å²) in [7, 11) is 0. The molecule has 0 radical (unpaired) electrons. The van der Waals surface area contributed by atoms with Gasteiger partial charge in [-0.25, -0.2) is 4.79 Å². The molecule has 0 saturated carbocycles. The molecule has 3 rings (SSSR count). The maximum atomic E-state index is 12.3. The zero-order valence-corrected chi connectivity index (χ0v) is 13.9. The number of hydrogen-bond donors (Lipinski definition) is 2. The highest BCUT2D eigenvalue weighted by atomic mass is 16.7. The van der Waals surface area contributed by atoms with E-state index in [-0.39, 0.29) is 19.3 Å². The van der Waals surface area contributed by atoms with Crippen LogP contribution in [-0.4, -0.2) is 53.7 Å². The highest BCUT2D eigenvalue weighted by Gasteiger charge is 2.34. The molecule has 1 fully saturated rings. The third-order valence-electron chi connectivity index (χ3n) is 4.50. The first-order valence-electron chi connectivity index (χ1n) is 8.16. The number of carbonyl (C=O) groups is 3. The van der Waals surface area contributed by atoms with Crippen LogP contribution in [-0.2, 0) is 9.59 Å². The summed E-state index contributed by atoms with van der Waals surface area (Å²) in [5.74, 6) is -0.526. The largest absolute Gasteiger partial charge is 0.480 e. The fourth-order valence-electron chi connectivity index (χ4n) is 3.07. The van der Waals surface area contributed by atoms with E-state index in [1.807, 2.05) is 6.92 Å². The molecule has 2 aliphatic rings. The number of fused-ring (bicyclic) bond motifs is 1. The van der Waals surface area contributed by atoms with Crippen LogP contribution in [0.25, 0.3) is 0 Å². The van der Waals surface area contributed by atoms with Crippen LogP contribution in [0.3, 0.4) is 0 Å². The highest BCUT2D eigenvalue weighted by molar-refractivity contribution is 5.97. The van der Waals surface area contributed by atoms with Gasteiger partial charge in [0.05, 0.1) is 6.54 Å². The molecule has 2 N–H and O–H groups in total. The number of rotatable bonds is 4. The minimum absolute atomic E-state index is 0.114. The quantitative estimate of drug-likeness (QED) is 0.836. The van der Waals surface area contributed by atoms with Crippen LogP contribution in [0.4, 0.5) is 0 Å². The Kier molecular flexibility index (Phi) is 4.78. The molecule has 8 nitrogen and oxygen atoms in total. The maximum absolute atomic E-state index is 12.3. The van der Waals surface area contributed by atoms with Crippen LogP contribution in [0, 0.1) is 5.92 Å². The average molecular weight is 348 g/mol. The van der Waals surface area contributed by atoms with Crippen molar-refractivity contribution in [1.82, 2.24) is 10.2 Å². The van der Waals surface area contributed by atoms with Crippen molar-refractivity contribution in [2.45, 2.75) is 25.8 Å². The van der Waals surface area contributed by atoms with Gasteiger partial charge in [-0.2, -0.15) is 0 Å². The number of nitrogens with zero attached hydrogens (tertiary/aromatic N) is 1. The van der Waals surface area contributed by atoms with Crippen LogP contribution in [0.15, 0.2) is 18.2 Å². The monoisotopic (exact) mass is 348 g/mol. The predicted molar refractivity (Wildman–Crippen MR) is 86.4 cm³/mol. The van der Waals surface area contributed by atoms with Crippen LogP contribution in [0.2, 0.25) is 0 Å². The molecular weight excluding hydrogens is 328 g/mol. The molecule has 0 spiro atoms. The second kappa shape index (κ2) is 7.00. The van der Waals surface area contributed by atoms with Gasteiger partial charge in [-0.1, -0.05) is 6.92 Å². The van der Waals surface area contributed by atoms with Gasteiger partial charge in [-0.3, -0.25) is 9.59 Å². The molecule has 0 aliphatic carbocycles. The molecule has 2 amide bonds. The lowest BCUT2D eigenvalue weighted by Crippen LogP contribution is -2.52. The SMILES string of the molecule is CC1CCN(C(=O)CNC(=O)c2ccc3c(c2)OCO3)C(C(=O)O)C1. The number of ether oxygens (including phenoxy) is 2. The van der Waals surface area contributed by atoms with Crippen LogP contribution in [0.5, 0.6) is 11.5 Å². The fraction of sp³-hybridized carbons (Fsp3) is 0.471. The zero-order valence-electron chi connectivity index (χ0n) is 13.9. The molecular formula is C17H20N2O6. The van der Waals surface area contributed by atoms with Gasteiger partial charge in [0.25, 0.3) is 5.91 Å². The lowest BCUT2D eigenvalue weighted by atomic mass is 9.92. The van der Waals surface area contributed by atoms with Crippen LogP contribution in [0.1, 0.15) is 30.1 Å². The molecule has 25 heavy (non-hydrogen) atoms. The van der Waals surface area contributed by atoms with Gasteiger partial charge in [0.15, 0.2) is 11.5 Å². The summed E-state index contributed by atoms with van der Waals surface area (Å²) in [4.78, 5) is 37.3. The fourth-order valence-corrected chi connectivity index (χ4v) is 3.07. The number of likely N-dealkylation sites (tertiary alicyclic amines) is 1. The predicted octanol–water partition coefficient (Wildman–Crippen LogP) is 0.857. The summed E-state index contributed by atoms with van der Waals surface area (Å²) in [6.45, 7) is 2.23. The molecule has 0 bridgehead atoms. The van der Waals surface area contributed by atoms with Crippen molar-refractivity contribution < 1.29 is 29.0 Å². The molecule has 134 valence electrons. The molecule has 2 aliphatic heterocycles. The minimum atomic E-state index is -1.01. The normalized spacial score (nSPS) is 21.7. The van der Waals surface area contributed by atoms with Crippen molar-refractivity contribution in [3.8, 4) is 11.5 Å². The van der Waals surface area contributed by atoms with E-state index in [1.165, 1.54) is 4.90 Å². The van der Waals surface area contributed by atoms with Crippen LogP contribution >= 0.6 is 0 Å². The van der Waals surface area contributed by atoms with Crippen molar-refractivity contribution in [2.75, 3.05) is 19.9 Å². The smallest absolute Gasteiger partial charge is 0.326 e. The number of benzene rings is 1. The van der Waals surface area contributed by atoms with Gasteiger partial charge in [0.2, 0.25) is 12.7 Å². The summed E-state index contributed by atoms with van der Waals surface area (Å²) in [6, 6.07) is 3.92. The van der Waals surface area contributed by atoms with E-state index >= 15 is 0 Å². The van der Waals surface area contributed by atoms with E-state index in [0.717, 1.165) is 6.42 Å². The summed E-state index contributed by atoms with van der Waals surface area (Å²) in [6.07, 6.45) is 1.18. The number of amides is 2. The maximum Gasteiger partial charge on any atom is 0.326 e. The lowest BCUT2D eigenvalue weighted by molar-refractivity contribution is -0.152. The molecule has 2 unspecified atom stereocenters. The van der Waals surface area contributed by atoms with Crippen molar-refractivity contribution in [3.63, 3.8) is 0 Å². The molecule has 8 heteroatoms. The molecule has 1 saturated heterocycles. The van der Waals surface area contributed by atoms with Gasteiger partial charge >= 0.3 is 5.97 Å². The molecule has 1 aromatic carbocycles. The van der Waals surface area contributed by atoms with E-state index in [1.54, 1.807) is 18.2 Å². The first-order valence-corrected chi connectivity index (χ1v) is 8.16. The first-order chi connectivity index (χ1) is 12.0. The second-order valence-electron chi connectivity index (χ2n) is 6.32. The Morgan fingerprint density at radius 1 is 1.28 bits per heavy atom.